The lowest BCUT2D eigenvalue weighted by Crippen LogP contribution is -2.46. The first kappa shape index (κ1) is 14.3. The SMILES string of the molecule is CCC(OC)(C(=O)C(=O)NO)c1ccc(C)cc1. The van der Waals surface area contributed by atoms with Crippen LogP contribution in [0.5, 0.6) is 0 Å². The van der Waals surface area contributed by atoms with Crippen molar-refractivity contribution in [2.75, 3.05) is 7.11 Å². The predicted octanol–water partition coefficient (Wildman–Crippen LogP) is 1.32. The molecule has 2 N–H and O–H groups in total. The third-order valence-corrected chi connectivity index (χ3v) is 3.04. The van der Waals surface area contributed by atoms with Gasteiger partial charge in [-0.3, -0.25) is 14.8 Å². The van der Waals surface area contributed by atoms with E-state index in [2.05, 4.69) is 0 Å². The monoisotopic (exact) mass is 251 g/mol. The molecule has 1 aromatic carbocycles. The van der Waals surface area contributed by atoms with Crippen LogP contribution >= 0.6 is 0 Å². The molecular weight excluding hydrogens is 234 g/mol. The number of ketones is 1. The largest absolute Gasteiger partial charge is 0.365 e. The number of rotatable bonds is 5. The maximum atomic E-state index is 12.0. The lowest BCUT2D eigenvalue weighted by atomic mass is 9.86. The minimum absolute atomic E-state index is 0.290. The first-order valence-corrected chi connectivity index (χ1v) is 5.63. The highest BCUT2D eigenvalue weighted by Gasteiger charge is 2.42. The molecule has 1 unspecified atom stereocenters. The van der Waals surface area contributed by atoms with Crippen LogP contribution in [0.2, 0.25) is 0 Å². The normalized spacial score (nSPS) is 13.8. The van der Waals surface area contributed by atoms with Crippen LogP contribution in [-0.4, -0.2) is 24.0 Å². The zero-order valence-corrected chi connectivity index (χ0v) is 10.7. The van der Waals surface area contributed by atoms with E-state index in [1.165, 1.54) is 12.6 Å². The average molecular weight is 251 g/mol. The summed E-state index contributed by atoms with van der Waals surface area (Å²) in [5, 5.41) is 8.57. The number of hydroxylamine groups is 1. The number of hydrogen-bond donors (Lipinski definition) is 2. The minimum Gasteiger partial charge on any atom is -0.365 e. The minimum atomic E-state index is -1.36. The molecule has 1 amide bonds. The van der Waals surface area contributed by atoms with Gasteiger partial charge in [0.1, 0.15) is 0 Å². The molecule has 0 bridgehead atoms. The summed E-state index contributed by atoms with van der Waals surface area (Å²) in [6, 6.07) is 7.15. The maximum absolute atomic E-state index is 12.0. The highest BCUT2D eigenvalue weighted by molar-refractivity contribution is 6.38. The van der Waals surface area contributed by atoms with Crippen LogP contribution in [0.4, 0.5) is 0 Å². The number of ether oxygens (including phenoxy) is 1. The lowest BCUT2D eigenvalue weighted by Gasteiger charge is -2.29. The quantitative estimate of drug-likeness (QED) is 0.470. The number of benzene rings is 1. The van der Waals surface area contributed by atoms with E-state index in [1.807, 2.05) is 19.1 Å². The van der Waals surface area contributed by atoms with Crippen molar-refractivity contribution in [3.8, 4) is 0 Å². The highest BCUT2D eigenvalue weighted by Crippen LogP contribution is 2.30. The molecule has 5 heteroatoms. The van der Waals surface area contributed by atoms with Gasteiger partial charge in [-0.05, 0) is 18.9 Å². The Hall–Kier alpha value is -1.72. The van der Waals surface area contributed by atoms with Gasteiger partial charge in [0.05, 0.1) is 0 Å². The van der Waals surface area contributed by atoms with Crippen LogP contribution in [0.3, 0.4) is 0 Å². The van der Waals surface area contributed by atoms with Crippen molar-refractivity contribution < 1.29 is 19.5 Å². The summed E-state index contributed by atoms with van der Waals surface area (Å²) in [5.74, 6) is -1.90. The summed E-state index contributed by atoms with van der Waals surface area (Å²) in [4.78, 5) is 23.4. The van der Waals surface area contributed by atoms with Gasteiger partial charge in [-0.1, -0.05) is 36.8 Å². The number of Topliss-reactive ketones (excluding diaryl/α,β-unsaturated/α-hetero) is 1. The van der Waals surface area contributed by atoms with E-state index in [9.17, 15) is 9.59 Å². The molecule has 0 saturated carbocycles. The van der Waals surface area contributed by atoms with E-state index in [4.69, 9.17) is 9.94 Å². The second-order valence-electron chi connectivity index (χ2n) is 4.02. The Kier molecular flexibility index (Phi) is 4.58. The number of methoxy groups -OCH3 is 1. The summed E-state index contributed by atoms with van der Waals surface area (Å²) in [6.45, 7) is 3.67. The van der Waals surface area contributed by atoms with Crippen LogP contribution in [0, 0.1) is 6.92 Å². The van der Waals surface area contributed by atoms with Crippen LogP contribution < -0.4 is 5.48 Å². The fourth-order valence-electron chi connectivity index (χ4n) is 1.91. The van der Waals surface area contributed by atoms with Crippen LogP contribution in [-0.2, 0) is 19.9 Å². The Morgan fingerprint density at radius 1 is 1.33 bits per heavy atom. The standard InChI is InChI=1S/C13H17NO4/c1-4-13(18-3,11(15)12(16)14-17)10-7-5-9(2)6-8-10/h5-8,17H,4H2,1-3H3,(H,14,16). The molecule has 0 heterocycles. The molecule has 0 radical (unpaired) electrons. The number of hydrogen-bond acceptors (Lipinski definition) is 4. The molecule has 1 atom stereocenters. The van der Waals surface area contributed by atoms with Crippen molar-refractivity contribution in [3.63, 3.8) is 0 Å². The summed E-state index contributed by atoms with van der Waals surface area (Å²) in [6.07, 6.45) is 0.290. The first-order chi connectivity index (χ1) is 8.51. The molecule has 18 heavy (non-hydrogen) atoms. The molecule has 0 aliphatic rings. The molecule has 0 aliphatic carbocycles. The zero-order valence-electron chi connectivity index (χ0n) is 10.7. The van der Waals surface area contributed by atoms with E-state index < -0.39 is 17.3 Å². The van der Waals surface area contributed by atoms with Gasteiger partial charge in [0, 0.05) is 7.11 Å². The summed E-state index contributed by atoms with van der Waals surface area (Å²) >= 11 is 0. The van der Waals surface area contributed by atoms with Crippen molar-refractivity contribution >= 4 is 11.7 Å². The van der Waals surface area contributed by atoms with E-state index in [-0.39, 0.29) is 0 Å². The van der Waals surface area contributed by atoms with Crippen molar-refractivity contribution in [1.82, 2.24) is 5.48 Å². The van der Waals surface area contributed by atoms with Crippen LogP contribution in [0.15, 0.2) is 24.3 Å². The van der Waals surface area contributed by atoms with Gasteiger partial charge in [0.15, 0.2) is 5.60 Å². The smallest absolute Gasteiger partial charge is 0.314 e. The Labute approximate surface area is 106 Å². The number of aryl methyl sites for hydroxylation is 1. The van der Waals surface area contributed by atoms with Gasteiger partial charge in [0.2, 0.25) is 0 Å². The Balaban J connectivity index is 3.26. The second kappa shape index (κ2) is 5.75. The molecule has 0 fully saturated rings. The number of carbonyl (C=O) groups is 2. The number of amides is 1. The molecule has 0 aromatic heterocycles. The molecule has 5 nitrogen and oxygen atoms in total. The van der Waals surface area contributed by atoms with Crippen molar-refractivity contribution in [2.24, 2.45) is 0 Å². The van der Waals surface area contributed by atoms with Crippen molar-refractivity contribution in [2.45, 2.75) is 25.9 Å². The van der Waals surface area contributed by atoms with E-state index in [0.29, 0.717) is 12.0 Å². The van der Waals surface area contributed by atoms with Gasteiger partial charge < -0.3 is 4.74 Å². The van der Waals surface area contributed by atoms with E-state index in [1.54, 1.807) is 19.1 Å². The molecule has 0 aliphatic heterocycles. The van der Waals surface area contributed by atoms with Gasteiger partial charge >= 0.3 is 5.91 Å². The maximum Gasteiger partial charge on any atom is 0.314 e. The van der Waals surface area contributed by atoms with Crippen LogP contribution in [0.1, 0.15) is 24.5 Å². The van der Waals surface area contributed by atoms with Crippen LogP contribution in [0.25, 0.3) is 0 Å². The molecule has 0 saturated heterocycles. The first-order valence-electron chi connectivity index (χ1n) is 5.63. The molecule has 1 rings (SSSR count). The summed E-state index contributed by atoms with van der Waals surface area (Å²) < 4.78 is 5.28. The topological polar surface area (TPSA) is 75.6 Å². The molecular formula is C13H17NO4. The lowest BCUT2D eigenvalue weighted by molar-refractivity contribution is -0.157. The molecule has 0 spiro atoms. The van der Waals surface area contributed by atoms with Gasteiger partial charge in [0.25, 0.3) is 5.78 Å². The third kappa shape index (κ3) is 2.42. The summed E-state index contributed by atoms with van der Waals surface area (Å²) in [7, 11) is 1.37. The van der Waals surface area contributed by atoms with Gasteiger partial charge in [-0.25, -0.2) is 5.48 Å². The van der Waals surface area contributed by atoms with Gasteiger partial charge in [-0.2, -0.15) is 0 Å². The van der Waals surface area contributed by atoms with E-state index in [0.717, 1.165) is 5.56 Å². The molecule has 98 valence electrons. The zero-order chi connectivity index (χ0) is 13.8. The Morgan fingerprint density at radius 3 is 2.28 bits per heavy atom. The van der Waals surface area contributed by atoms with Crippen molar-refractivity contribution in [1.29, 1.82) is 0 Å². The number of nitrogens with one attached hydrogen (secondary N) is 1. The Bertz CT molecular complexity index is 435. The average Bonchev–Trinajstić information content (AvgIpc) is 2.41. The van der Waals surface area contributed by atoms with Crippen molar-refractivity contribution in [3.05, 3.63) is 35.4 Å². The fourth-order valence-corrected chi connectivity index (χ4v) is 1.91. The second-order valence-corrected chi connectivity index (χ2v) is 4.02. The van der Waals surface area contributed by atoms with Gasteiger partial charge in [-0.15, -0.1) is 0 Å². The third-order valence-electron chi connectivity index (χ3n) is 3.04. The predicted molar refractivity (Wildman–Crippen MR) is 65.1 cm³/mol. The highest BCUT2D eigenvalue weighted by atomic mass is 16.5. The molecule has 1 aromatic rings. The number of carbonyl (C=O) groups excluding carboxylic acids is 2. The summed E-state index contributed by atoms with van der Waals surface area (Å²) in [5.41, 5.74) is 1.62. The fraction of sp³-hybridized carbons (Fsp3) is 0.385. The Morgan fingerprint density at radius 2 is 1.89 bits per heavy atom. The van der Waals surface area contributed by atoms with E-state index >= 15 is 0 Å².